The van der Waals surface area contributed by atoms with Crippen molar-refractivity contribution in [1.29, 1.82) is 0 Å². The van der Waals surface area contributed by atoms with Gasteiger partial charge in [0.05, 0.1) is 0 Å². The Morgan fingerprint density at radius 3 is 2.92 bits per heavy atom. The van der Waals surface area contributed by atoms with E-state index in [9.17, 15) is 0 Å². The molecule has 0 bridgehead atoms. The lowest BCUT2D eigenvalue weighted by Gasteiger charge is -2.33. The van der Waals surface area contributed by atoms with Crippen molar-refractivity contribution < 1.29 is 4.52 Å². The van der Waals surface area contributed by atoms with Crippen LogP contribution in [0.15, 0.2) is 10.6 Å². The zero-order chi connectivity index (χ0) is 18.7. The first kappa shape index (κ1) is 19.4. The number of aryl methyl sites for hydroxylation is 2. The first-order chi connectivity index (χ1) is 12.4. The minimum absolute atomic E-state index is 0.552. The van der Waals surface area contributed by atoms with Crippen LogP contribution in [0.1, 0.15) is 44.4 Å². The molecule has 0 amide bonds. The molecule has 0 radical (unpaired) electrons. The lowest BCUT2D eigenvalue weighted by atomic mass is 10.0. The van der Waals surface area contributed by atoms with E-state index in [4.69, 9.17) is 16.1 Å². The van der Waals surface area contributed by atoms with E-state index in [1.807, 2.05) is 20.0 Å². The van der Waals surface area contributed by atoms with Crippen molar-refractivity contribution in [3.63, 3.8) is 0 Å². The highest BCUT2D eigenvalue weighted by molar-refractivity contribution is 6.30. The number of halogens is 1. The molecule has 3 rings (SSSR count). The molecule has 0 unspecified atom stereocenters. The lowest BCUT2D eigenvalue weighted by molar-refractivity contribution is 0.183. The van der Waals surface area contributed by atoms with Crippen molar-refractivity contribution in [2.75, 3.05) is 19.6 Å². The number of likely N-dealkylation sites (tertiary alicyclic amines) is 1. The van der Waals surface area contributed by atoms with E-state index >= 15 is 0 Å². The second kappa shape index (κ2) is 8.55. The third-order valence-corrected chi connectivity index (χ3v) is 5.45. The SMILES string of the molecule is Cc1cc(-c2nn(C)c(Cl)c2CN2CCC[C@H](NCCC(C)C)C2)no1. The van der Waals surface area contributed by atoms with Gasteiger partial charge in [-0.25, -0.2) is 0 Å². The normalized spacial score (nSPS) is 18.8. The van der Waals surface area contributed by atoms with Gasteiger partial charge in [-0.3, -0.25) is 9.58 Å². The molecule has 1 saturated heterocycles. The quantitative estimate of drug-likeness (QED) is 0.795. The molecule has 26 heavy (non-hydrogen) atoms. The molecule has 1 atom stereocenters. The maximum Gasteiger partial charge on any atom is 0.134 e. The van der Waals surface area contributed by atoms with Crippen LogP contribution in [0.3, 0.4) is 0 Å². The van der Waals surface area contributed by atoms with Gasteiger partial charge in [0, 0.05) is 37.8 Å². The van der Waals surface area contributed by atoms with Crippen LogP contribution in [0.2, 0.25) is 5.15 Å². The van der Waals surface area contributed by atoms with Crippen LogP contribution in [0.5, 0.6) is 0 Å². The summed E-state index contributed by atoms with van der Waals surface area (Å²) in [5, 5.41) is 13.1. The largest absolute Gasteiger partial charge is 0.361 e. The highest BCUT2D eigenvalue weighted by Gasteiger charge is 2.25. The molecule has 2 aromatic rings. The van der Waals surface area contributed by atoms with Crippen molar-refractivity contribution in [3.8, 4) is 11.4 Å². The summed E-state index contributed by atoms with van der Waals surface area (Å²) >= 11 is 6.54. The molecule has 0 saturated carbocycles. The number of hydrogen-bond acceptors (Lipinski definition) is 5. The molecule has 2 aromatic heterocycles. The fourth-order valence-electron chi connectivity index (χ4n) is 3.54. The predicted molar refractivity (Wildman–Crippen MR) is 104 cm³/mol. The maximum atomic E-state index is 6.54. The average molecular weight is 380 g/mol. The van der Waals surface area contributed by atoms with Gasteiger partial charge in [-0.1, -0.05) is 30.6 Å². The summed E-state index contributed by atoms with van der Waals surface area (Å²) in [6.45, 7) is 10.4. The van der Waals surface area contributed by atoms with E-state index in [1.54, 1.807) is 4.68 Å². The second-order valence-electron chi connectivity index (χ2n) is 7.78. The fraction of sp³-hybridized carbons (Fsp3) is 0.684. The van der Waals surface area contributed by atoms with Gasteiger partial charge in [0.25, 0.3) is 0 Å². The van der Waals surface area contributed by atoms with Crippen molar-refractivity contribution >= 4 is 11.6 Å². The molecular formula is C19H30ClN5O. The van der Waals surface area contributed by atoms with E-state index in [0.29, 0.717) is 11.2 Å². The van der Waals surface area contributed by atoms with Gasteiger partial charge in [0.2, 0.25) is 0 Å². The zero-order valence-corrected chi connectivity index (χ0v) is 17.0. The number of nitrogens with zero attached hydrogens (tertiary/aromatic N) is 4. The zero-order valence-electron chi connectivity index (χ0n) is 16.3. The summed E-state index contributed by atoms with van der Waals surface area (Å²) in [7, 11) is 1.87. The van der Waals surface area contributed by atoms with Crippen LogP contribution in [-0.4, -0.2) is 45.5 Å². The molecular weight excluding hydrogens is 350 g/mol. The van der Waals surface area contributed by atoms with Crippen LogP contribution >= 0.6 is 11.6 Å². The molecule has 7 heteroatoms. The maximum absolute atomic E-state index is 6.54. The van der Waals surface area contributed by atoms with Gasteiger partial charge >= 0.3 is 0 Å². The van der Waals surface area contributed by atoms with Crippen LogP contribution < -0.4 is 5.32 Å². The Morgan fingerprint density at radius 1 is 1.42 bits per heavy atom. The van der Waals surface area contributed by atoms with Crippen molar-refractivity contribution in [2.45, 2.75) is 52.6 Å². The Hall–Kier alpha value is -1.37. The molecule has 0 aliphatic carbocycles. The number of rotatable bonds is 7. The third-order valence-electron chi connectivity index (χ3n) is 4.98. The van der Waals surface area contributed by atoms with Gasteiger partial charge in [0.15, 0.2) is 0 Å². The molecule has 1 N–H and O–H groups in total. The molecule has 144 valence electrons. The highest BCUT2D eigenvalue weighted by Crippen LogP contribution is 2.30. The summed E-state index contributed by atoms with van der Waals surface area (Å²) in [6, 6.07) is 2.46. The Kier molecular flexibility index (Phi) is 6.37. The van der Waals surface area contributed by atoms with Crippen LogP contribution in [0, 0.1) is 12.8 Å². The van der Waals surface area contributed by atoms with Gasteiger partial charge in [-0.05, 0) is 45.2 Å². The minimum Gasteiger partial charge on any atom is -0.361 e. The summed E-state index contributed by atoms with van der Waals surface area (Å²) in [6.07, 6.45) is 3.67. The molecule has 6 nitrogen and oxygen atoms in total. The fourth-order valence-corrected chi connectivity index (χ4v) is 3.72. The number of nitrogens with one attached hydrogen (secondary N) is 1. The third kappa shape index (κ3) is 4.67. The standard InChI is InChI=1S/C19H30ClN5O/c1-13(2)7-8-21-15-6-5-9-25(11-15)12-16-18(22-24(4)19(16)20)17-10-14(3)26-23-17/h10,13,15,21H,5-9,11-12H2,1-4H3/t15-/m0/s1. The Morgan fingerprint density at radius 2 is 2.23 bits per heavy atom. The van der Waals surface area contributed by atoms with E-state index in [-0.39, 0.29) is 0 Å². The van der Waals surface area contributed by atoms with Crippen molar-refractivity contribution in [1.82, 2.24) is 25.2 Å². The molecule has 0 spiro atoms. The molecule has 0 aromatic carbocycles. The Labute approximate surface area is 160 Å². The van der Waals surface area contributed by atoms with E-state index in [1.165, 1.54) is 19.3 Å². The van der Waals surface area contributed by atoms with Gasteiger partial charge in [-0.15, -0.1) is 0 Å². The molecule has 3 heterocycles. The van der Waals surface area contributed by atoms with Crippen LogP contribution in [0.25, 0.3) is 11.4 Å². The van der Waals surface area contributed by atoms with Crippen LogP contribution in [-0.2, 0) is 13.6 Å². The monoisotopic (exact) mass is 379 g/mol. The number of piperidine rings is 1. The average Bonchev–Trinajstić information content (AvgIpc) is 3.13. The van der Waals surface area contributed by atoms with Crippen molar-refractivity contribution in [2.24, 2.45) is 13.0 Å². The lowest BCUT2D eigenvalue weighted by Crippen LogP contribution is -2.45. The topological polar surface area (TPSA) is 59.1 Å². The van der Waals surface area contributed by atoms with Crippen LogP contribution in [0.4, 0.5) is 0 Å². The van der Waals surface area contributed by atoms with E-state index in [0.717, 1.165) is 54.8 Å². The Balaban J connectivity index is 1.68. The highest BCUT2D eigenvalue weighted by atomic mass is 35.5. The number of hydrogen-bond donors (Lipinski definition) is 1. The smallest absolute Gasteiger partial charge is 0.134 e. The minimum atomic E-state index is 0.552. The molecule has 1 fully saturated rings. The summed E-state index contributed by atoms with van der Waals surface area (Å²) < 4.78 is 6.95. The van der Waals surface area contributed by atoms with E-state index in [2.05, 4.69) is 34.3 Å². The summed E-state index contributed by atoms with van der Waals surface area (Å²) in [5.41, 5.74) is 2.61. The predicted octanol–water partition coefficient (Wildman–Crippen LogP) is 3.64. The van der Waals surface area contributed by atoms with E-state index < -0.39 is 0 Å². The summed E-state index contributed by atoms with van der Waals surface area (Å²) in [4.78, 5) is 2.47. The second-order valence-corrected chi connectivity index (χ2v) is 8.13. The first-order valence-electron chi connectivity index (χ1n) is 9.54. The van der Waals surface area contributed by atoms with Crippen molar-refractivity contribution in [3.05, 3.63) is 22.5 Å². The van der Waals surface area contributed by atoms with Gasteiger partial charge in [-0.2, -0.15) is 5.10 Å². The van der Waals surface area contributed by atoms with Gasteiger partial charge < -0.3 is 9.84 Å². The summed E-state index contributed by atoms with van der Waals surface area (Å²) in [5.74, 6) is 1.52. The Bertz CT molecular complexity index is 724. The molecule has 1 aliphatic rings. The van der Waals surface area contributed by atoms with Gasteiger partial charge in [0.1, 0.15) is 22.3 Å². The first-order valence-corrected chi connectivity index (χ1v) is 9.92. The molecule has 1 aliphatic heterocycles. The number of aromatic nitrogens is 3.